The van der Waals surface area contributed by atoms with E-state index in [-0.39, 0.29) is 42.3 Å². The number of likely N-dealkylation sites (N-methyl/N-ethyl adjacent to an activating group) is 1. The molecule has 1 aliphatic heterocycles. The van der Waals surface area contributed by atoms with Gasteiger partial charge in [-0.15, -0.1) is 0 Å². The summed E-state index contributed by atoms with van der Waals surface area (Å²) < 4.78 is 19.5. The first kappa shape index (κ1) is 24.7. The van der Waals surface area contributed by atoms with Crippen molar-refractivity contribution in [2.45, 2.75) is 38.8 Å². The van der Waals surface area contributed by atoms with Gasteiger partial charge in [-0.1, -0.05) is 18.8 Å². The zero-order valence-corrected chi connectivity index (χ0v) is 20.2. The van der Waals surface area contributed by atoms with Gasteiger partial charge in [-0.05, 0) is 50.1 Å². The highest BCUT2D eigenvalue weighted by Crippen LogP contribution is 2.29. The average molecular weight is 480 g/mol. The molecule has 2 amide bonds. The molecular formula is C27H30FN3O4. The van der Waals surface area contributed by atoms with Crippen LogP contribution in [0, 0.1) is 29.5 Å². The number of pyridine rings is 1. The van der Waals surface area contributed by atoms with Gasteiger partial charge in [0.1, 0.15) is 17.5 Å². The molecule has 7 nitrogen and oxygen atoms in total. The third kappa shape index (κ3) is 5.80. The van der Waals surface area contributed by atoms with Crippen LogP contribution >= 0.6 is 0 Å². The summed E-state index contributed by atoms with van der Waals surface area (Å²) in [5.41, 5.74) is 1.30. The first-order valence-corrected chi connectivity index (χ1v) is 11.9. The number of hydrogen-bond acceptors (Lipinski definition) is 5. The van der Waals surface area contributed by atoms with Crippen molar-refractivity contribution in [1.29, 1.82) is 0 Å². The second-order valence-corrected chi connectivity index (χ2v) is 9.44. The van der Waals surface area contributed by atoms with Gasteiger partial charge in [0.05, 0.1) is 19.2 Å². The molecule has 0 bridgehead atoms. The van der Waals surface area contributed by atoms with Gasteiger partial charge in [-0.25, -0.2) is 9.37 Å². The number of aliphatic hydroxyl groups excluding tert-OH is 1. The minimum atomic E-state index is -0.472. The van der Waals surface area contributed by atoms with E-state index in [0.29, 0.717) is 23.6 Å². The number of rotatable bonds is 5. The largest absolute Gasteiger partial charge is 0.472 e. The molecule has 0 spiro atoms. The Balaban J connectivity index is 1.62. The molecule has 1 saturated carbocycles. The van der Waals surface area contributed by atoms with E-state index in [4.69, 9.17) is 4.74 Å². The van der Waals surface area contributed by atoms with Crippen molar-refractivity contribution in [1.82, 2.24) is 14.8 Å². The van der Waals surface area contributed by atoms with E-state index >= 15 is 0 Å². The van der Waals surface area contributed by atoms with Crippen molar-refractivity contribution in [3.63, 3.8) is 0 Å². The van der Waals surface area contributed by atoms with Crippen molar-refractivity contribution in [2.75, 3.05) is 26.7 Å². The Labute approximate surface area is 204 Å². The summed E-state index contributed by atoms with van der Waals surface area (Å²) in [6.45, 7) is 4.11. The van der Waals surface area contributed by atoms with Crippen molar-refractivity contribution in [3.8, 4) is 17.7 Å². The molecule has 8 heteroatoms. The summed E-state index contributed by atoms with van der Waals surface area (Å²) in [5, 5.41) is 9.80. The maximum atomic E-state index is 13.4. The van der Waals surface area contributed by atoms with Crippen LogP contribution in [0.1, 0.15) is 53.0 Å². The van der Waals surface area contributed by atoms with Crippen LogP contribution in [-0.4, -0.2) is 70.6 Å². The molecule has 1 aromatic carbocycles. The summed E-state index contributed by atoms with van der Waals surface area (Å²) in [4.78, 5) is 33.9. The number of benzene rings is 1. The molecule has 35 heavy (non-hydrogen) atoms. The highest BCUT2D eigenvalue weighted by Gasteiger charge is 2.34. The maximum Gasteiger partial charge on any atom is 0.259 e. The van der Waals surface area contributed by atoms with E-state index in [1.54, 1.807) is 31.1 Å². The standard InChI is InChI=1S/C27H30FN3O4/c1-17-14-31(18(2)16-32)27(34)23-12-20(7-6-19-4-5-19)13-29-25(23)35-24(17)15-30(3)26(33)21-8-10-22(28)11-9-21/h8-13,17-19,24,32H,4-5,14-16H2,1-3H3/t17-,18-,24+/m0/s1. The summed E-state index contributed by atoms with van der Waals surface area (Å²) in [7, 11) is 1.66. The smallest absolute Gasteiger partial charge is 0.259 e. The monoisotopic (exact) mass is 479 g/mol. The van der Waals surface area contributed by atoms with E-state index in [9.17, 15) is 19.1 Å². The lowest BCUT2D eigenvalue weighted by atomic mass is 9.99. The predicted molar refractivity (Wildman–Crippen MR) is 128 cm³/mol. The molecule has 1 N–H and O–H groups in total. The number of ether oxygens (including phenoxy) is 1. The fourth-order valence-electron chi connectivity index (χ4n) is 3.97. The van der Waals surface area contributed by atoms with Crippen LogP contribution in [0.25, 0.3) is 0 Å². The number of carbonyl (C=O) groups is 2. The summed E-state index contributed by atoms with van der Waals surface area (Å²) in [6, 6.07) is 6.68. The molecule has 2 heterocycles. The molecule has 0 unspecified atom stereocenters. The number of aliphatic hydroxyl groups is 1. The third-order valence-corrected chi connectivity index (χ3v) is 6.41. The Morgan fingerprint density at radius 1 is 1.34 bits per heavy atom. The quantitative estimate of drug-likeness (QED) is 0.667. The second kappa shape index (κ2) is 10.4. The number of hydrogen-bond donors (Lipinski definition) is 1. The Morgan fingerprint density at radius 3 is 2.71 bits per heavy atom. The zero-order valence-electron chi connectivity index (χ0n) is 20.2. The lowest BCUT2D eigenvalue weighted by molar-refractivity contribution is 0.0313. The Bertz CT molecular complexity index is 1150. The molecule has 1 aromatic heterocycles. The topological polar surface area (TPSA) is 83.0 Å². The van der Waals surface area contributed by atoms with Crippen LogP contribution in [0.2, 0.25) is 0 Å². The molecule has 3 atom stereocenters. The van der Waals surface area contributed by atoms with Crippen LogP contribution in [0.4, 0.5) is 4.39 Å². The number of fused-ring (bicyclic) bond motifs is 1. The van der Waals surface area contributed by atoms with E-state index in [2.05, 4.69) is 16.8 Å². The predicted octanol–water partition coefficient (Wildman–Crippen LogP) is 2.97. The molecule has 1 fully saturated rings. The van der Waals surface area contributed by atoms with Crippen LogP contribution in [0.3, 0.4) is 0 Å². The summed E-state index contributed by atoms with van der Waals surface area (Å²) in [6.07, 6.45) is 3.32. The van der Waals surface area contributed by atoms with Crippen molar-refractivity contribution in [3.05, 3.63) is 59.0 Å². The fraction of sp³-hybridized carbons (Fsp3) is 0.444. The number of carbonyl (C=O) groups excluding carboxylic acids is 2. The molecular weight excluding hydrogens is 449 g/mol. The molecule has 0 radical (unpaired) electrons. The Hall–Kier alpha value is -3.44. The first-order chi connectivity index (χ1) is 16.8. The van der Waals surface area contributed by atoms with Gasteiger partial charge in [0, 0.05) is 42.8 Å². The van der Waals surface area contributed by atoms with E-state index in [0.717, 1.165) is 12.8 Å². The van der Waals surface area contributed by atoms with Crippen molar-refractivity contribution >= 4 is 11.8 Å². The lowest BCUT2D eigenvalue weighted by Crippen LogP contribution is -2.50. The molecule has 2 aliphatic rings. The first-order valence-electron chi connectivity index (χ1n) is 11.9. The Kier molecular flexibility index (Phi) is 7.37. The van der Waals surface area contributed by atoms with Crippen molar-refractivity contribution in [2.24, 2.45) is 11.8 Å². The number of halogens is 1. The summed E-state index contributed by atoms with van der Waals surface area (Å²) in [5.74, 6) is 5.75. The van der Waals surface area contributed by atoms with Gasteiger partial charge >= 0.3 is 0 Å². The number of amides is 2. The van der Waals surface area contributed by atoms with Crippen molar-refractivity contribution < 1.29 is 23.8 Å². The maximum absolute atomic E-state index is 13.4. The minimum Gasteiger partial charge on any atom is -0.472 e. The van der Waals surface area contributed by atoms with Crippen LogP contribution in [0.15, 0.2) is 36.5 Å². The lowest BCUT2D eigenvalue weighted by Gasteiger charge is -2.37. The van der Waals surface area contributed by atoms with Gasteiger partial charge in [-0.3, -0.25) is 9.59 Å². The third-order valence-electron chi connectivity index (χ3n) is 6.41. The zero-order chi connectivity index (χ0) is 25.1. The van der Waals surface area contributed by atoms with E-state index in [1.165, 1.54) is 29.2 Å². The number of nitrogens with zero attached hydrogens (tertiary/aromatic N) is 3. The fourth-order valence-corrected chi connectivity index (χ4v) is 3.97. The van der Waals surface area contributed by atoms with Gasteiger partial charge < -0.3 is 19.6 Å². The highest BCUT2D eigenvalue weighted by atomic mass is 19.1. The molecule has 184 valence electrons. The van der Waals surface area contributed by atoms with Crippen LogP contribution < -0.4 is 4.74 Å². The summed E-state index contributed by atoms with van der Waals surface area (Å²) >= 11 is 0. The van der Waals surface area contributed by atoms with Crippen LogP contribution in [-0.2, 0) is 0 Å². The van der Waals surface area contributed by atoms with Gasteiger partial charge in [0.15, 0.2) is 0 Å². The van der Waals surface area contributed by atoms with E-state index in [1.807, 2.05) is 6.92 Å². The number of aromatic nitrogens is 1. The SMILES string of the molecule is C[C@H]1CN([C@@H](C)CO)C(=O)c2cc(C#CC3CC3)cnc2O[C@@H]1CN(C)C(=O)c1ccc(F)cc1. The minimum absolute atomic E-state index is 0.166. The van der Waals surface area contributed by atoms with E-state index < -0.39 is 18.0 Å². The highest BCUT2D eigenvalue weighted by molar-refractivity contribution is 5.97. The average Bonchev–Trinajstić information content (AvgIpc) is 3.69. The molecule has 2 aromatic rings. The normalized spacial score (nSPS) is 20.5. The van der Waals surface area contributed by atoms with Gasteiger partial charge in [0.25, 0.3) is 11.8 Å². The van der Waals surface area contributed by atoms with Gasteiger partial charge in [0.2, 0.25) is 5.88 Å². The molecule has 0 saturated heterocycles. The molecule has 4 rings (SSSR count). The molecule has 1 aliphatic carbocycles. The second-order valence-electron chi connectivity index (χ2n) is 9.44. The van der Waals surface area contributed by atoms with Gasteiger partial charge in [-0.2, -0.15) is 0 Å². The Morgan fingerprint density at radius 2 is 2.06 bits per heavy atom. The van der Waals surface area contributed by atoms with Crippen LogP contribution in [0.5, 0.6) is 5.88 Å².